The minimum atomic E-state index is -0.251. The van der Waals surface area contributed by atoms with Crippen LogP contribution in [0.3, 0.4) is 0 Å². The summed E-state index contributed by atoms with van der Waals surface area (Å²) in [6.07, 6.45) is 7.15. The zero-order valence-electron chi connectivity index (χ0n) is 7.21. The zero-order chi connectivity index (χ0) is 8.18. The lowest BCUT2D eigenvalue weighted by molar-refractivity contribution is 0.149. The van der Waals surface area contributed by atoms with Gasteiger partial charge in [-0.2, -0.15) is 0 Å². The van der Waals surface area contributed by atoms with Crippen molar-refractivity contribution in [1.82, 2.24) is 5.32 Å². The molecule has 66 valence electrons. The normalized spacial score (nSPS) is 50.6. The van der Waals surface area contributed by atoms with Crippen LogP contribution in [-0.4, -0.2) is 17.9 Å². The van der Waals surface area contributed by atoms with Gasteiger partial charge in [-0.1, -0.05) is 11.6 Å². The third-order valence-electron chi connectivity index (χ3n) is 3.74. The van der Waals surface area contributed by atoms with Crippen LogP contribution in [0.25, 0.3) is 0 Å². The smallest absolute Gasteiger partial charge is 0.105 e. The second kappa shape index (κ2) is 2.12. The molecule has 3 atom stereocenters. The number of hydrogen-bond acceptors (Lipinski definition) is 2. The number of aliphatic hydroxyl groups is 1. The van der Waals surface area contributed by atoms with E-state index in [2.05, 4.69) is 11.4 Å². The monoisotopic (exact) mass is 165 g/mol. The molecule has 0 radical (unpaired) electrons. The highest BCUT2D eigenvalue weighted by Gasteiger charge is 2.46. The van der Waals surface area contributed by atoms with Crippen LogP contribution in [0, 0.1) is 11.3 Å². The first-order chi connectivity index (χ1) is 5.77. The van der Waals surface area contributed by atoms with Crippen molar-refractivity contribution in [2.24, 2.45) is 11.3 Å². The van der Waals surface area contributed by atoms with Crippen molar-refractivity contribution in [2.75, 3.05) is 6.54 Å². The Kier molecular flexibility index (Phi) is 1.25. The Hall–Kier alpha value is -0.340. The molecule has 2 N–H and O–H groups in total. The van der Waals surface area contributed by atoms with Crippen molar-refractivity contribution in [3.63, 3.8) is 0 Å². The molecule has 2 heteroatoms. The van der Waals surface area contributed by atoms with E-state index in [1.807, 2.05) is 0 Å². The summed E-state index contributed by atoms with van der Waals surface area (Å²) in [6.45, 7) is 0.994. The SMILES string of the molecule is OC1C[C@@]2(C=C3CC[C@@H]3C2)CN1. The average Bonchev–Trinajstić information content (AvgIpc) is 2.47. The van der Waals surface area contributed by atoms with Gasteiger partial charge in [-0.3, -0.25) is 5.32 Å². The van der Waals surface area contributed by atoms with E-state index >= 15 is 0 Å². The van der Waals surface area contributed by atoms with E-state index in [0.717, 1.165) is 18.9 Å². The van der Waals surface area contributed by atoms with Crippen LogP contribution >= 0.6 is 0 Å². The predicted molar refractivity (Wildman–Crippen MR) is 46.5 cm³/mol. The van der Waals surface area contributed by atoms with Crippen LogP contribution in [0.15, 0.2) is 11.6 Å². The van der Waals surface area contributed by atoms with Gasteiger partial charge in [0.15, 0.2) is 0 Å². The van der Waals surface area contributed by atoms with Gasteiger partial charge in [0.1, 0.15) is 6.23 Å². The lowest BCUT2D eigenvalue weighted by Gasteiger charge is -2.26. The molecule has 1 aliphatic heterocycles. The molecule has 2 aliphatic carbocycles. The predicted octanol–water partition coefficient (Wildman–Crippen LogP) is 1.02. The number of hydrogen-bond donors (Lipinski definition) is 2. The lowest BCUT2D eigenvalue weighted by Crippen LogP contribution is -2.22. The fraction of sp³-hybridized carbons (Fsp3) is 0.800. The Morgan fingerprint density at radius 3 is 2.83 bits per heavy atom. The van der Waals surface area contributed by atoms with Gasteiger partial charge in [-0.05, 0) is 31.6 Å². The Balaban J connectivity index is 1.85. The van der Waals surface area contributed by atoms with E-state index in [0.29, 0.717) is 5.41 Å². The molecule has 0 amide bonds. The van der Waals surface area contributed by atoms with Gasteiger partial charge in [0.2, 0.25) is 0 Å². The van der Waals surface area contributed by atoms with Gasteiger partial charge >= 0.3 is 0 Å². The van der Waals surface area contributed by atoms with Crippen molar-refractivity contribution in [3.05, 3.63) is 11.6 Å². The third-order valence-corrected chi connectivity index (χ3v) is 3.74. The van der Waals surface area contributed by atoms with Crippen molar-refractivity contribution in [1.29, 1.82) is 0 Å². The van der Waals surface area contributed by atoms with Gasteiger partial charge in [0.05, 0.1) is 0 Å². The van der Waals surface area contributed by atoms with Crippen molar-refractivity contribution in [3.8, 4) is 0 Å². The van der Waals surface area contributed by atoms with Gasteiger partial charge in [0, 0.05) is 12.0 Å². The molecule has 2 nitrogen and oxygen atoms in total. The summed E-state index contributed by atoms with van der Waals surface area (Å²) in [7, 11) is 0. The molecule has 2 fully saturated rings. The minimum Gasteiger partial charge on any atom is -0.379 e. The number of nitrogens with one attached hydrogen (secondary N) is 1. The molecule has 1 unspecified atom stereocenters. The summed E-state index contributed by atoms with van der Waals surface area (Å²) in [6, 6.07) is 0. The number of allylic oxidation sites excluding steroid dienone is 1. The van der Waals surface area contributed by atoms with Crippen molar-refractivity contribution in [2.45, 2.75) is 31.9 Å². The third kappa shape index (κ3) is 0.824. The Morgan fingerprint density at radius 2 is 2.42 bits per heavy atom. The van der Waals surface area contributed by atoms with E-state index in [9.17, 15) is 5.11 Å². The summed E-state index contributed by atoms with van der Waals surface area (Å²) < 4.78 is 0. The standard InChI is InChI=1S/C10H15NO/c12-9-5-10(6-11-9)3-7-1-2-8(7)4-10/h3,8-9,11-12H,1-2,4-6H2/t8-,9?,10+/m1/s1. The Bertz CT molecular complexity index is 248. The van der Waals surface area contributed by atoms with E-state index in [4.69, 9.17) is 0 Å². The highest BCUT2D eigenvalue weighted by atomic mass is 16.3. The summed E-state index contributed by atoms with van der Waals surface area (Å²) in [5.74, 6) is 0.886. The maximum absolute atomic E-state index is 9.41. The minimum absolute atomic E-state index is 0.251. The molecule has 3 aliphatic rings. The van der Waals surface area contributed by atoms with Crippen LogP contribution in [0.4, 0.5) is 0 Å². The maximum Gasteiger partial charge on any atom is 0.105 e. The van der Waals surface area contributed by atoms with Crippen molar-refractivity contribution >= 4 is 0 Å². The zero-order valence-corrected chi connectivity index (χ0v) is 7.21. The lowest BCUT2D eigenvalue weighted by atomic mass is 9.78. The highest BCUT2D eigenvalue weighted by molar-refractivity contribution is 5.28. The molecule has 12 heavy (non-hydrogen) atoms. The van der Waals surface area contributed by atoms with Crippen LogP contribution in [-0.2, 0) is 0 Å². The van der Waals surface area contributed by atoms with E-state index < -0.39 is 0 Å². The summed E-state index contributed by atoms with van der Waals surface area (Å²) in [5, 5.41) is 12.5. The first-order valence-corrected chi connectivity index (χ1v) is 4.91. The molecular formula is C10H15NO. The first kappa shape index (κ1) is 7.10. The topological polar surface area (TPSA) is 32.3 Å². The maximum atomic E-state index is 9.41. The second-order valence-corrected chi connectivity index (χ2v) is 4.62. The molecule has 0 aromatic heterocycles. The molecule has 0 bridgehead atoms. The molecule has 1 heterocycles. The van der Waals surface area contributed by atoms with Crippen LogP contribution in [0.1, 0.15) is 25.7 Å². The molecule has 0 aromatic rings. The highest BCUT2D eigenvalue weighted by Crippen LogP contribution is 2.53. The van der Waals surface area contributed by atoms with Crippen LogP contribution < -0.4 is 5.32 Å². The quantitative estimate of drug-likeness (QED) is 0.525. The number of aliphatic hydroxyl groups excluding tert-OH is 1. The summed E-state index contributed by atoms with van der Waals surface area (Å²) in [4.78, 5) is 0. The first-order valence-electron chi connectivity index (χ1n) is 4.91. The van der Waals surface area contributed by atoms with E-state index in [-0.39, 0.29) is 6.23 Å². The summed E-state index contributed by atoms with van der Waals surface area (Å²) >= 11 is 0. The summed E-state index contributed by atoms with van der Waals surface area (Å²) in [5.41, 5.74) is 2.02. The van der Waals surface area contributed by atoms with Gasteiger partial charge < -0.3 is 5.11 Å². The van der Waals surface area contributed by atoms with E-state index in [1.54, 1.807) is 5.57 Å². The largest absolute Gasteiger partial charge is 0.379 e. The Morgan fingerprint density at radius 1 is 1.50 bits per heavy atom. The second-order valence-electron chi connectivity index (χ2n) is 4.62. The van der Waals surface area contributed by atoms with Crippen molar-refractivity contribution < 1.29 is 5.11 Å². The number of fused-ring (bicyclic) bond motifs is 1. The van der Waals surface area contributed by atoms with Crippen LogP contribution in [0.2, 0.25) is 0 Å². The molecular weight excluding hydrogens is 150 g/mol. The fourth-order valence-electron chi connectivity index (χ4n) is 3.00. The average molecular weight is 165 g/mol. The molecule has 1 spiro atoms. The molecule has 1 saturated carbocycles. The van der Waals surface area contributed by atoms with Gasteiger partial charge in [-0.25, -0.2) is 0 Å². The molecule has 1 saturated heterocycles. The fourth-order valence-corrected chi connectivity index (χ4v) is 3.00. The van der Waals surface area contributed by atoms with E-state index in [1.165, 1.54) is 19.3 Å². The Labute approximate surface area is 72.7 Å². The van der Waals surface area contributed by atoms with Crippen LogP contribution in [0.5, 0.6) is 0 Å². The molecule has 0 aromatic carbocycles. The number of rotatable bonds is 0. The van der Waals surface area contributed by atoms with Gasteiger partial charge in [-0.15, -0.1) is 0 Å². The van der Waals surface area contributed by atoms with Gasteiger partial charge in [0.25, 0.3) is 0 Å². The molecule has 3 rings (SSSR count).